The number of rotatable bonds is 1. The first kappa shape index (κ1) is 14.3. The number of aliphatic imine (C=N–C) groups is 1. The molecule has 1 aliphatic heterocycles. The van der Waals surface area contributed by atoms with E-state index >= 15 is 0 Å². The second-order valence-corrected chi connectivity index (χ2v) is 6.82. The highest BCUT2D eigenvalue weighted by molar-refractivity contribution is 6.34. The molecule has 0 atom stereocenters. The van der Waals surface area contributed by atoms with Crippen molar-refractivity contribution in [3.63, 3.8) is 0 Å². The highest BCUT2D eigenvalue weighted by atomic mass is 35.5. The van der Waals surface area contributed by atoms with Crippen LogP contribution in [0.2, 0.25) is 5.15 Å². The molecule has 114 valence electrons. The van der Waals surface area contributed by atoms with Crippen LogP contribution in [0.3, 0.4) is 0 Å². The highest BCUT2D eigenvalue weighted by Crippen LogP contribution is 2.29. The van der Waals surface area contributed by atoms with Crippen molar-refractivity contribution in [1.29, 1.82) is 0 Å². The van der Waals surface area contributed by atoms with Crippen LogP contribution < -0.4 is 0 Å². The van der Waals surface area contributed by atoms with Gasteiger partial charge in [-0.1, -0.05) is 48.0 Å². The molecule has 3 aromatic rings. The van der Waals surface area contributed by atoms with Gasteiger partial charge >= 0.3 is 0 Å². The molecule has 0 N–H and O–H groups in total. The molecule has 0 saturated heterocycles. The van der Waals surface area contributed by atoms with Crippen LogP contribution in [0.4, 0.5) is 0 Å². The van der Waals surface area contributed by atoms with E-state index in [9.17, 15) is 0 Å². The maximum atomic E-state index is 6.37. The number of hydrogen-bond acceptors (Lipinski definition) is 3. The summed E-state index contributed by atoms with van der Waals surface area (Å²) in [5.41, 5.74) is 3.86. The number of nitrogens with zero attached hydrogens (tertiary/aromatic N) is 3. The maximum Gasteiger partial charge on any atom is 0.180 e. The zero-order valence-electron chi connectivity index (χ0n) is 13.0. The Morgan fingerprint density at radius 1 is 0.957 bits per heavy atom. The third kappa shape index (κ3) is 2.51. The number of fused-ring (bicyclic) bond motifs is 2. The number of aromatic nitrogens is 2. The molecule has 0 fully saturated rings. The van der Waals surface area contributed by atoms with E-state index in [0.717, 1.165) is 28.6 Å². The zero-order valence-corrected chi connectivity index (χ0v) is 13.8. The van der Waals surface area contributed by atoms with Gasteiger partial charge in [0.25, 0.3) is 0 Å². The van der Waals surface area contributed by atoms with Gasteiger partial charge in [-0.2, -0.15) is 0 Å². The predicted molar refractivity (Wildman–Crippen MR) is 94.4 cm³/mol. The summed E-state index contributed by atoms with van der Waals surface area (Å²) in [5.74, 6) is 0.592. The lowest BCUT2D eigenvalue weighted by molar-refractivity contribution is 0.513. The van der Waals surface area contributed by atoms with Gasteiger partial charge < -0.3 is 0 Å². The Morgan fingerprint density at radius 3 is 2.57 bits per heavy atom. The van der Waals surface area contributed by atoms with Crippen molar-refractivity contribution >= 4 is 28.2 Å². The quantitative estimate of drug-likeness (QED) is 0.621. The van der Waals surface area contributed by atoms with E-state index in [0.29, 0.717) is 11.0 Å². The smallest absolute Gasteiger partial charge is 0.180 e. The van der Waals surface area contributed by atoms with Gasteiger partial charge in [-0.25, -0.2) is 9.97 Å². The van der Waals surface area contributed by atoms with E-state index in [2.05, 4.69) is 37.0 Å². The molecule has 0 radical (unpaired) electrons. The van der Waals surface area contributed by atoms with Crippen LogP contribution in [0, 0.1) is 0 Å². The van der Waals surface area contributed by atoms with Crippen molar-refractivity contribution in [2.75, 3.05) is 0 Å². The molecular weight excluding hydrogens is 306 g/mol. The average Bonchev–Trinajstić information content (AvgIpc) is 2.53. The van der Waals surface area contributed by atoms with Crippen LogP contribution in [-0.2, 0) is 6.42 Å². The fourth-order valence-corrected chi connectivity index (χ4v) is 3.33. The molecule has 4 heteroatoms. The molecule has 2 heterocycles. The lowest BCUT2D eigenvalue weighted by atomic mass is 9.86. The van der Waals surface area contributed by atoms with Crippen LogP contribution in [0.15, 0.2) is 53.5 Å². The molecule has 23 heavy (non-hydrogen) atoms. The summed E-state index contributed by atoms with van der Waals surface area (Å²) in [5, 5.41) is 1.33. The minimum Gasteiger partial charge on any atom is -0.274 e. The molecular formula is C19H16ClN3. The van der Waals surface area contributed by atoms with Crippen molar-refractivity contribution in [3.05, 3.63) is 70.6 Å². The van der Waals surface area contributed by atoms with Gasteiger partial charge in [-0.3, -0.25) is 4.99 Å². The number of benzene rings is 2. The van der Waals surface area contributed by atoms with E-state index in [4.69, 9.17) is 21.6 Å². The molecule has 3 nitrogen and oxygen atoms in total. The first-order valence-electron chi connectivity index (χ1n) is 7.64. The molecule has 2 aromatic carbocycles. The second kappa shape index (κ2) is 5.14. The molecule has 0 aliphatic carbocycles. The minimum absolute atomic E-state index is 0.175. The van der Waals surface area contributed by atoms with Gasteiger partial charge in [0.1, 0.15) is 10.9 Å². The molecule has 0 amide bonds. The molecule has 4 rings (SSSR count). The fraction of sp³-hybridized carbons (Fsp3) is 0.211. The van der Waals surface area contributed by atoms with Crippen LogP contribution >= 0.6 is 11.6 Å². The van der Waals surface area contributed by atoms with Crippen LogP contribution in [0.25, 0.3) is 10.9 Å². The molecule has 0 bridgehead atoms. The third-order valence-electron chi connectivity index (χ3n) is 4.08. The third-order valence-corrected chi connectivity index (χ3v) is 4.37. The summed E-state index contributed by atoms with van der Waals surface area (Å²) < 4.78 is 0. The van der Waals surface area contributed by atoms with E-state index in [1.807, 2.05) is 30.3 Å². The highest BCUT2D eigenvalue weighted by Gasteiger charge is 2.28. The van der Waals surface area contributed by atoms with Crippen molar-refractivity contribution in [2.24, 2.45) is 4.99 Å². The lowest BCUT2D eigenvalue weighted by Crippen LogP contribution is -2.30. The van der Waals surface area contributed by atoms with E-state index < -0.39 is 0 Å². The monoisotopic (exact) mass is 321 g/mol. The van der Waals surface area contributed by atoms with Crippen LogP contribution in [0.5, 0.6) is 0 Å². The minimum atomic E-state index is -0.175. The van der Waals surface area contributed by atoms with Gasteiger partial charge in [-0.15, -0.1) is 0 Å². The summed E-state index contributed by atoms with van der Waals surface area (Å²) in [4.78, 5) is 14.1. The summed E-state index contributed by atoms with van der Waals surface area (Å²) in [6.07, 6.45) is 0.911. The van der Waals surface area contributed by atoms with E-state index in [-0.39, 0.29) is 5.54 Å². The Bertz CT molecular complexity index is 944. The maximum absolute atomic E-state index is 6.37. The van der Waals surface area contributed by atoms with Gasteiger partial charge in [0.15, 0.2) is 5.82 Å². The Labute approximate surface area is 140 Å². The Balaban J connectivity index is 1.97. The van der Waals surface area contributed by atoms with Crippen LogP contribution in [-0.4, -0.2) is 21.2 Å². The normalized spacial score (nSPS) is 16.0. The topological polar surface area (TPSA) is 38.1 Å². The SMILES string of the molecule is CC1(C)Cc2ccccc2C(c2nc(Cl)c3ccccc3n2)=N1. The first-order chi connectivity index (χ1) is 11.0. The standard InChI is InChI=1S/C19H16ClN3/c1-19(2)11-12-7-3-4-8-13(12)16(23-19)18-21-15-10-6-5-9-14(15)17(20)22-18/h3-10H,11H2,1-2H3. The second-order valence-electron chi connectivity index (χ2n) is 6.46. The van der Waals surface area contributed by atoms with Gasteiger partial charge in [0.2, 0.25) is 0 Å². The summed E-state index contributed by atoms with van der Waals surface area (Å²) in [6.45, 7) is 4.26. The van der Waals surface area contributed by atoms with E-state index in [1.165, 1.54) is 5.56 Å². The average molecular weight is 322 g/mol. The Kier molecular flexibility index (Phi) is 3.20. The molecule has 0 spiro atoms. The van der Waals surface area contributed by atoms with Crippen molar-refractivity contribution in [2.45, 2.75) is 25.8 Å². The summed E-state index contributed by atoms with van der Waals surface area (Å²) in [6, 6.07) is 16.1. The largest absolute Gasteiger partial charge is 0.274 e. The Morgan fingerprint density at radius 2 is 1.70 bits per heavy atom. The molecule has 1 aliphatic rings. The fourth-order valence-electron chi connectivity index (χ4n) is 3.09. The van der Waals surface area contributed by atoms with Crippen molar-refractivity contribution in [3.8, 4) is 0 Å². The van der Waals surface area contributed by atoms with Gasteiger partial charge in [0, 0.05) is 10.9 Å². The Hall–Kier alpha value is -2.26. The molecule has 0 unspecified atom stereocenters. The number of halogens is 1. The van der Waals surface area contributed by atoms with Gasteiger partial charge in [-0.05, 0) is 38.0 Å². The lowest BCUT2D eigenvalue weighted by Gasteiger charge is -2.28. The molecule has 1 aromatic heterocycles. The number of para-hydroxylation sites is 1. The first-order valence-corrected chi connectivity index (χ1v) is 8.02. The van der Waals surface area contributed by atoms with Crippen molar-refractivity contribution in [1.82, 2.24) is 9.97 Å². The predicted octanol–water partition coefficient (Wildman–Crippen LogP) is 4.46. The van der Waals surface area contributed by atoms with Gasteiger partial charge in [0.05, 0.1) is 11.1 Å². The number of hydrogen-bond donors (Lipinski definition) is 0. The zero-order chi connectivity index (χ0) is 16.0. The van der Waals surface area contributed by atoms with Crippen molar-refractivity contribution < 1.29 is 0 Å². The summed E-state index contributed by atoms with van der Waals surface area (Å²) in [7, 11) is 0. The van der Waals surface area contributed by atoms with Crippen LogP contribution in [0.1, 0.15) is 30.8 Å². The summed E-state index contributed by atoms with van der Waals surface area (Å²) >= 11 is 6.37. The van der Waals surface area contributed by atoms with E-state index in [1.54, 1.807) is 0 Å². The molecule has 0 saturated carbocycles.